The van der Waals surface area contributed by atoms with Crippen LogP contribution in [0.4, 0.5) is 0 Å². The van der Waals surface area contributed by atoms with Gasteiger partial charge in [-0.2, -0.15) is 0 Å². The minimum absolute atomic E-state index is 0.0208. The van der Waals surface area contributed by atoms with E-state index in [0.717, 1.165) is 35.1 Å². The Morgan fingerprint density at radius 3 is 2.64 bits per heavy atom. The fourth-order valence-corrected chi connectivity index (χ4v) is 3.59. The van der Waals surface area contributed by atoms with Crippen LogP contribution in [0.2, 0.25) is 0 Å². The van der Waals surface area contributed by atoms with Gasteiger partial charge in [-0.05, 0) is 23.6 Å². The first-order valence-corrected chi connectivity index (χ1v) is 10.1. The molecule has 0 saturated heterocycles. The summed E-state index contributed by atoms with van der Waals surface area (Å²) in [4.78, 5) is 12.1. The Bertz CT molecular complexity index is 912. The molecule has 1 aromatic heterocycles. The van der Waals surface area contributed by atoms with Crippen molar-refractivity contribution in [2.24, 2.45) is 7.05 Å². The van der Waals surface area contributed by atoms with Gasteiger partial charge in [-0.3, -0.25) is 4.79 Å². The molecular weight excluding hydrogens is 372 g/mol. The van der Waals surface area contributed by atoms with Gasteiger partial charge in [-0.1, -0.05) is 60.3 Å². The second-order valence-electron chi connectivity index (χ2n) is 6.32. The monoisotopic (exact) mass is 396 g/mol. The number of rotatable bonds is 9. The quantitative estimate of drug-likeness (QED) is 0.563. The largest absolute Gasteiger partial charge is 0.496 e. The van der Waals surface area contributed by atoms with Gasteiger partial charge in [0.1, 0.15) is 11.6 Å². The molecule has 6 nitrogen and oxygen atoms in total. The van der Waals surface area contributed by atoms with Gasteiger partial charge >= 0.3 is 0 Å². The zero-order valence-electron chi connectivity index (χ0n) is 16.1. The van der Waals surface area contributed by atoms with Crippen molar-refractivity contribution in [1.29, 1.82) is 0 Å². The molecule has 28 heavy (non-hydrogen) atoms. The van der Waals surface area contributed by atoms with Gasteiger partial charge < -0.3 is 14.6 Å². The number of aromatic nitrogens is 3. The molecule has 3 rings (SSSR count). The summed E-state index contributed by atoms with van der Waals surface area (Å²) in [5.74, 6) is 2.01. The standard InChI is InChI=1S/C21H24N4O2S/c1-25-19(14-16-8-4-3-5-9-16)23-24-21(25)28-15-20(26)22-13-12-17-10-6-7-11-18(17)27-2/h3-11H,12-15H2,1-2H3,(H,22,26). The van der Waals surface area contributed by atoms with Crippen LogP contribution in [-0.2, 0) is 24.7 Å². The average Bonchev–Trinajstić information content (AvgIpc) is 3.07. The molecule has 0 fully saturated rings. The van der Waals surface area contributed by atoms with Gasteiger partial charge in [0, 0.05) is 20.0 Å². The first kappa shape index (κ1) is 19.9. The Morgan fingerprint density at radius 1 is 1.11 bits per heavy atom. The number of benzene rings is 2. The molecule has 0 radical (unpaired) electrons. The number of hydrogen-bond acceptors (Lipinski definition) is 5. The highest BCUT2D eigenvalue weighted by atomic mass is 32.2. The van der Waals surface area contributed by atoms with Crippen LogP contribution in [0.3, 0.4) is 0 Å². The smallest absolute Gasteiger partial charge is 0.230 e. The molecule has 1 N–H and O–H groups in total. The number of carbonyl (C=O) groups is 1. The maximum atomic E-state index is 12.1. The fraction of sp³-hybridized carbons (Fsp3) is 0.286. The summed E-state index contributed by atoms with van der Waals surface area (Å²) in [6.45, 7) is 0.567. The third-order valence-electron chi connectivity index (χ3n) is 4.37. The Morgan fingerprint density at radius 2 is 1.86 bits per heavy atom. The average molecular weight is 397 g/mol. The van der Waals surface area contributed by atoms with E-state index in [-0.39, 0.29) is 5.91 Å². The van der Waals surface area contributed by atoms with Gasteiger partial charge in [0.2, 0.25) is 5.91 Å². The van der Waals surface area contributed by atoms with Crippen LogP contribution in [0.25, 0.3) is 0 Å². The first-order valence-electron chi connectivity index (χ1n) is 9.11. The lowest BCUT2D eigenvalue weighted by atomic mass is 10.1. The number of hydrogen-bond donors (Lipinski definition) is 1. The third-order valence-corrected chi connectivity index (χ3v) is 5.39. The second kappa shape index (κ2) is 9.94. The van der Waals surface area contributed by atoms with E-state index >= 15 is 0 Å². The predicted molar refractivity (Wildman–Crippen MR) is 111 cm³/mol. The summed E-state index contributed by atoms with van der Waals surface area (Å²) in [5, 5.41) is 12.2. The molecule has 0 unspecified atom stereocenters. The first-order chi connectivity index (χ1) is 13.7. The molecule has 0 aliphatic carbocycles. The Labute approximate surface area is 169 Å². The lowest BCUT2D eigenvalue weighted by Crippen LogP contribution is -2.27. The zero-order valence-corrected chi connectivity index (χ0v) is 16.9. The number of para-hydroxylation sites is 1. The summed E-state index contributed by atoms with van der Waals surface area (Å²) in [7, 11) is 3.58. The highest BCUT2D eigenvalue weighted by Gasteiger charge is 2.12. The van der Waals surface area contributed by atoms with Crippen LogP contribution in [0.5, 0.6) is 5.75 Å². The number of methoxy groups -OCH3 is 1. The fourth-order valence-electron chi connectivity index (χ4n) is 2.83. The summed E-state index contributed by atoms with van der Waals surface area (Å²) < 4.78 is 7.28. The highest BCUT2D eigenvalue weighted by molar-refractivity contribution is 7.99. The van der Waals surface area contributed by atoms with Crippen LogP contribution in [0, 0.1) is 0 Å². The molecule has 7 heteroatoms. The Kier molecular flexibility index (Phi) is 7.08. The van der Waals surface area contributed by atoms with Crippen LogP contribution < -0.4 is 10.1 Å². The van der Waals surface area contributed by atoms with E-state index in [9.17, 15) is 4.79 Å². The number of nitrogens with zero attached hydrogens (tertiary/aromatic N) is 3. The van der Waals surface area contributed by atoms with E-state index in [1.54, 1.807) is 7.11 Å². The van der Waals surface area contributed by atoms with E-state index in [2.05, 4.69) is 27.6 Å². The molecule has 0 bridgehead atoms. The van der Waals surface area contributed by atoms with Crippen molar-refractivity contribution in [3.8, 4) is 5.75 Å². The topological polar surface area (TPSA) is 69.0 Å². The van der Waals surface area contributed by atoms with Crippen molar-refractivity contribution in [2.75, 3.05) is 19.4 Å². The lowest BCUT2D eigenvalue weighted by Gasteiger charge is -2.09. The summed E-state index contributed by atoms with van der Waals surface area (Å²) in [6, 6.07) is 18.0. The molecule has 0 spiro atoms. The van der Waals surface area contributed by atoms with Gasteiger partial charge in [0.25, 0.3) is 0 Å². The second-order valence-corrected chi connectivity index (χ2v) is 7.26. The van der Waals surface area contributed by atoms with Gasteiger partial charge in [0.15, 0.2) is 5.16 Å². The maximum absolute atomic E-state index is 12.1. The molecule has 2 aromatic carbocycles. The molecular formula is C21H24N4O2S. The number of ether oxygens (including phenoxy) is 1. The van der Waals surface area contributed by atoms with Gasteiger partial charge in [-0.15, -0.1) is 10.2 Å². The maximum Gasteiger partial charge on any atom is 0.230 e. The van der Waals surface area contributed by atoms with E-state index in [0.29, 0.717) is 12.3 Å². The minimum Gasteiger partial charge on any atom is -0.496 e. The lowest BCUT2D eigenvalue weighted by molar-refractivity contribution is -0.118. The van der Waals surface area contributed by atoms with E-state index in [4.69, 9.17) is 4.74 Å². The normalized spacial score (nSPS) is 10.6. The molecule has 0 saturated carbocycles. The number of amides is 1. The third kappa shape index (κ3) is 5.36. The van der Waals surface area contributed by atoms with Gasteiger partial charge in [0.05, 0.1) is 12.9 Å². The van der Waals surface area contributed by atoms with E-state index < -0.39 is 0 Å². The summed E-state index contributed by atoms with van der Waals surface area (Å²) >= 11 is 1.39. The number of thioether (sulfide) groups is 1. The van der Waals surface area contributed by atoms with Crippen molar-refractivity contribution < 1.29 is 9.53 Å². The summed E-state index contributed by atoms with van der Waals surface area (Å²) in [6.07, 6.45) is 1.45. The van der Waals surface area contributed by atoms with Crippen molar-refractivity contribution >= 4 is 17.7 Å². The SMILES string of the molecule is COc1ccccc1CCNC(=O)CSc1nnc(Cc2ccccc2)n1C. The molecule has 1 amide bonds. The van der Waals surface area contributed by atoms with Crippen LogP contribution in [-0.4, -0.2) is 40.1 Å². The summed E-state index contributed by atoms with van der Waals surface area (Å²) in [5.41, 5.74) is 2.26. The Balaban J connectivity index is 1.46. The molecule has 0 aliphatic rings. The molecule has 0 aliphatic heterocycles. The number of nitrogens with one attached hydrogen (secondary N) is 1. The van der Waals surface area contributed by atoms with Crippen LogP contribution in [0.1, 0.15) is 17.0 Å². The van der Waals surface area contributed by atoms with E-state index in [1.807, 2.05) is 54.1 Å². The van der Waals surface area contributed by atoms with Crippen molar-refractivity contribution in [2.45, 2.75) is 18.0 Å². The van der Waals surface area contributed by atoms with Crippen molar-refractivity contribution in [1.82, 2.24) is 20.1 Å². The minimum atomic E-state index is -0.0208. The van der Waals surface area contributed by atoms with Gasteiger partial charge in [-0.25, -0.2) is 0 Å². The highest BCUT2D eigenvalue weighted by Crippen LogP contribution is 2.18. The molecule has 3 aromatic rings. The zero-order chi connectivity index (χ0) is 19.8. The Hall–Kier alpha value is -2.80. The molecule has 0 atom stereocenters. The van der Waals surface area contributed by atoms with Crippen LogP contribution >= 0.6 is 11.8 Å². The van der Waals surface area contributed by atoms with Crippen molar-refractivity contribution in [3.05, 3.63) is 71.5 Å². The number of carbonyl (C=O) groups excluding carboxylic acids is 1. The molecule has 1 heterocycles. The molecule has 146 valence electrons. The predicted octanol–water partition coefficient (Wildman–Crippen LogP) is 2.87. The van der Waals surface area contributed by atoms with Crippen molar-refractivity contribution in [3.63, 3.8) is 0 Å². The van der Waals surface area contributed by atoms with E-state index in [1.165, 1.54) is 17.3 Å². The van der Waals surface area contributed by atoms with Crippen LogP contribution in [0.15, 0.2) is 59.8 Å².